The Bertz CT molecular complexity index is 339. The minimum atomic E-state index is 0.236. The SMILES string of the molecule is COc1ccc(CBr)c(OCCOC(C)C)c1. The summed E-state index contributed by atoms with van der Waals surface area (Å²) < 4.78 is 16.3. The molecule has 0 aliphatic rings. The van der Waals surface area contributed by atoms with Gasteiger partial charge in [-0.05, 0) is 19.9 Å². The Labute approximate surface area is 111 Å². The smallest absolute Gasteiger partial charge is 0.127 e. The van der Waals surface area contributed by atoms with Crippen molar-refractivity contribution in [1.82, 2.24) is 0 Å². The highest BCUT2D eigenvalue weighted by molar-refractivity contribution is 9.08. The molecule has 0 aromatic heterocycles. The second-order valence-corrected chi connectivity index (χ2v) is 4.44. The van der Waals surface area contributed by atoms with Gasteiger partial charge in [0.1, 0.15) is 18.1 Å². The molecule has 0 aliphatic heterocycles. The molecule has 0 spiro atoms. The molecule has 17 heavy (non-hydrogen) atoms. The normalized spacial score (nSPS) is 10.6. The van der Waals surface area contributed by atoms with Crippen LogP contribution >= 0.6 is 15.9 Å². The topological polar surface area (TPSA) is 27.7 Å². The number of ether oxygens (including phenoxy) is 3. The lowest BCUT2D eigenvalue weighted by molar-refractivity contribution is 0.0550. The number of alkyl halides is 1. The number of benzene rings is 1. The maximum Gasteiger partial charge on any atom is 0.127 e. The van der Waals surface area contributed by atoms with E-state index >= 15 is 0 Å². The van der Waals surface area contributed by atoms with Crippen LogP contribution in [0.5, 0.6) is 11.5 Å². The van der Waals surface area contributed by atoms with Gasteiger partial charge in [-0.15, -0.1) is 0 Å². The first-order valence-electron chi connectivity index (χ1n) is 5.64. The molecule has 0 unspecified atom stereocenters. The summed E-state index contributed by atoms with van der Waals surface area (Å²) in [5.41, 5.74) is 1.11. The van der Waals surface area contributed by atoms with Crippen LogP contribution < -0.4 is 9.47 Å². The first-order chi connectivity index (χ1) is 8.17. The van der Waals surface area contributed by atoms with E-state index in [0.29, 0.717) is 13.2 Å². The zero-order valence-electron chi connectivity index (χ0n) is 10.5. The largest absolute Gasteiger partial charge is 0.497 e. The first-order valence-corrected chi connectivity index (χ1v) is 6.76. The van der Waals surface area contributed by atoms with E-state index in [4.69, 9.17) is 14.2 Å². The summed E-state index contributed by atoms with van der Waals surface area (Å²) >= 11 is 3.43. The van der Waals surface area contributed by atoms with Gasteiger partial charge in [0, 0.05) is 17.0 Å². The van der Waals surface area contributed by atoms with Gasteiger partial charge in [0.15, 0.2) is 0 Å². The minimum absolute atomic E-state index is 0.236. The van der Waals surface area contributed by atoms with Crippen molar-refractivity contribution in [2.24, 2.45) is 0 Å². The van der Waals surface area contributed by atoms with Crippen molar-refractivity contribution >= 4 is 15.9 Å². The molecule has 0 saturated heterocycles. The molecule has 96 valence electrons. The standard InChI is InChI=1S/C13H19BrO3/c1-10(2)16-6-7-17-13-8-12(15-3)5-4-11(13)9-14/h4-5,8,10H,6-7,9H2,1-3H3. The summed E-state index contributed by atoms with van der Waals surface area (Å²) in [7, 11) is 1.65. The van der Waals surface area contributed by atoms with Crippen molar-refractivity contribution in [2.75, 3.05) is 20.3 Å². The molecule has 4 heteroatoms. The lowest BCUT2D eigenvalue weighted by Crippen LogP contribution is -2.11. The van der Waals surface area contributed by atoms with Crippen LogP contribution in [0.1, 0.15) is 19.4 Å². The molecule has 0 atom stereocenters. The molecule has 1 aromatic carbocycles. The third-order valence-corrected chi connectivity index (χ3v) is 2.81. The molecular weight excluding hydrogens is 284 g/mol. The summed E-state index contributed by atoms with van der Waals surface area (Å²) in [5.74, 6) is 1.64. The lowest BCUT2D eigenvalue weighted by atomic mass is 10.2. The number of halogens is 1. The molecule has 3 nitrogen and oxygen atoms in total. The molecule has 1 rings (SSSR count). The van der Waals surface area contributed by atoms with Crippen molar-refractivity contribution in [1.29, 1.82) is 0 Å². The maximum absolute atomic E-state index is 5.69. The van der Waals surface area contributed by atoms with Crippen molar-refractivity contribution in [3.8, 4) is 11.5 Å². The van der Waals surface area contributed by atoms with Crippen LogP contribution in [0.3, 0.4) is 0 Å². The van der Waals surface area contributed by atoms with Crippen LogP contribution in [-0.4, -0.2) is 26.4 Å². The van der Waals surface area contributed by atoms with Gasteiger partial charge in [0.25, 0.3) is 0 Å². The molecule has 0 saturated carbocycles. The van der Waals surface area contributed by atoms with Gasteiger partial charge in [-0.2, -0.15) is 0 Å². The highest BCUT2D eigenvalue weighted by Gasteiger charge is 2.05. The molecule has 0 bridgehead atoms. The third kappa shape index (κ3) is 4.96. The van der Waals surface area contributed by atoms with Crippen LogP contribution in [-0.2, 0) is 10.1 Å². The summed E-state index contributed by atoms with van der Waals surface area (Å²) in [4.78, 5) is 0. The van der Waals surface area contributed by atoms with E-state index in [1.165, 1.54) is 0 Å². The predicted molar refractivity (Wildman–Crippen MR) is 72.2 cm³/mol. The molecule has 0 aliphatic carbocycles. The molecule has 0 fully saturated rings. The minimum Gasteiger partial charge on any atom is -0.497 e. The summed E-state index contributed by atoms with van der Waals surface area (Å²) in [6, 6.07) is 5.81. The Morgan fingerprint density at radius 2 is 2.00 bits per heavy atom. The Kier molecular flexibility index (Phi) is 6.37. The van der Waals surface area contributed by atoms with Crippen LogP contribution in [0.2, 0.25) is 0 Å². The predicted octanol–water partition coefficient (Wildman–Crippen LogP) is 3.39. The van der Waals surface area contributed by atoms with Gasteiger partial charge < -0.3 is 14.2 Å². The van der Waals surface area contributed by atoms with Crippen LogP contribution in [0.25, 0.3) is 0 Å². The zero-order valence-corrected chi connectivity index (χ0v) is 12.1. The van der Waals surface area contributed by atoms with E-state index in [0.717, 1.165) is 22.4 Å². The summed E-state index contributed by atoms with van der Waals surface area (Å²) in [5, 5.41) is 0.761. The highest BCUT2D eigenvalue weighted by atomic mass is 79.9. The molecular formula is C13H19BrO3. The average Bonchev–Trinajstić information content (AvgIpc) is 2.34. The fraction of sp³-hybridized carbons (Fsp3) is 0.538. The number of hydrogen-bond acceptors (Lipinski definition) is 3. The fourth-order valence-electron chi connectivity index (χ4n) is 1.34. The van der Waals surface area contributed by atoms with Crippen LogP contribution in [0.15, 0.2) is 18.2 Å². The van der Waals surface area contributed by atoms with Gasteiger partial charge in [0.2, 0.25) is 0 Å². The van der Waals surface area contributed by atoms with E-state index < -0.39 is 0 Å². The molecule has 0 radical (unpaired) electrons. The van der Waals surface area contributed by atoms with E-state index in [9.17, 15) is 0 Å². The quantitative estimate of drug-likeness (QED) is 0.571. The second-order valence-electron chi connectivity index (χ2n) is 3.88. The highest BCUT2D eigenvalue weighted by Crippen LogP contribution is 2.26. The van der Waals surface area contributed by atoms with Crippen LogP contribution in [0.4, 0.5) is 0 Å². The molecule has 0 N–H and O–H groups in total. The molecule has 0 amide bonds. The number of hydrogen-bond donors (Lipinski definition) is 0. The first kappa shape index (κ1) is 14.3. The summed E-state index contributed by atoms with van der Waals surface area (Å²) in [6.07, 6.45) is 0.236. The van der Waals surface area contributed by atoms with Crippen molar-refractivity contribution in [3.63, 3.8) is 0 Å². The fourth-order valence-corrected chi connectivity index (χ4v) is 1.81. The van der Waals surface area contributed by atoms with Gasteiger partial charge in [-0.25, -0.2) is 0 Å². The Balaban J connectivity index is 2.55. The van der Waals surface area contributed by atoms with Crippen molar-refractivity contribution in [2.45, 2.75) is 25.3 Å². The van der Waals surface area contributed by atoms with Crippen molar-refractivity contribution < 1.29 is 14.2 Å². The lowest BCUT2D eigenvalue weighted by Gasteiger charge is -2.12. The van der Waals surface area contributed by atoms with E-state index in [1.807, 2.05) is 32.0 Å². The van der Waals surface area contributed by atoms with Crippen molar-refractivity contribution in [3.05, 3.63) is 23.8 Å². The zero-order chi connectivity index (χ0) is 12.7. The van der Waals surface area contributed by atoms with E-state index in [-0.39, 0.29) is 6.10 Å². The maximum atomic E-state index is 5.69. The Morgan fingerprint density at radius 1 is 1.24 bits per heavy atom. The van der Waals surface area contributed by atoms with Gasteiger partial charge >= 0.3 is 0 Å². The van der Waals surface area contributed by atoms with Gasteiger partial charge in [0.05, 0.1) is 19.8 Å². The third-order valence-electron chi connectivity index (χ3n) is 2.21. The van der Waals surface area contributed by atoms with E-state index in [2.05, 4.69) is 15.9 Å². The second kappa shape index (κ2) is 7.56. The summed E-state index contributed by atoms with van der Waals surface area (Å²) in [6.45, 7) is 5.16. The van der Waals surface area contributed by atoms with Gasteiger partial charge in [-0.3, -0.25) is 0 Å². The average molecular weight is 303 g/mol. The Morgan fingerprint density at radius 3 is 2.59 bits per heavy atom. The number of rotatable bonds is 7. The molecule has 0 heterocycles. The Hall–Kier alpha value is -0.740. The number of methoxy groups -OCH3 is 1. The van der Waals surface area contributed by atoms with Gasteiger partial charge in [-0.1, -0.05) is 22.0 Å². The van der Waals surface area contributed by atoms with E-state index in [1.54, 1.807) is 7.11 Å². The molecule has 1 aromatic rings. The monoisotopic (exact) mass is 302 g/mol. The van der Waals surface area contributed by atoms with Crippen LogP contribution in [0, 0.1) is 0 Å².